The van der Waals surface area contributed by atoms with E-state index in [-0.39, 0.29) is 11.2 Å². The molecule has 2 atom stereocenters. The molecule has 1 unspecified atom stereocenters. The first-order chi connectivity index (χ1) is 8.84. The number of thioether (sulfide) groups is 1. The molecule has 0 saturated carbocycles. The van der Waals surface area contributed by atoms with Crippen molar-refractivity contribution in [1.82, 2.24) is 5.32 Å². The van der Waals surface area contributed by atoms with Crippen molar-refractivity contribution in [2.45, 2.75) is 11.4 Å². The van der Waals surface area contributed by atoms with Gasteiger partial charge in [-0.3, -0.25) is 5.32 Å². The molecule has 2 aromatic carbocycles. The van der Waals surface area contributed by atoms with Gasteiger partial charge in [0.05, 0.1) is 5.37 Å². The maximum Gasteiger partial charge on any atom is 0.128 e. The van der Waals surface area contributed by atoms with Crippen molar-refractivity contribution in [1.29, 1.82) is 0 Å². The molecule has 0 aromatic heterocycles. The van der Waals surface area contributed by atoms with E-state index in [9.17, 15) is 4.39 Å². The van der Waals surface area contributed by atoms with Gasteiger partial charge in [-0.2, -0.15) is 0 Å². The summed E-state index contributed by atoms with van der Waals surface area (Å²) in [5, 5.41) is 3.54. The van der Waals surface area contributed by atoms with Crippen LogP contribution in [0.2, 0.25) is 0 Å². The van der Waals surface area contributed by atoms with E-state index in [0.29, 0.717) is 6.04 Å². The highest BCUT2D eigenvalue weighted by Gasteiger charge is 2.27. The molecule has 3 heteroatoms. The summed E-state index contributed by atoms with van der Waals surface area (Å²) in [4.78, 5) is 0. The molecule has 1 fully saturated rings. The molecule has 3 rings (SSSR count). The molecule has 92 valence electrons. The lowest BCUT2D eigenvalue weighted by atomic mass is 10.1. The predicted octanol–water partition coefficient (Wildman–Crippen LogP) is 3.90. The van der Waals surface area contributed by atoms with Crippen LogP contribution in [0.3, 0.4) is 0 Å². The first kappa shape index (κ1) is 11.8. The van der Waals surface area contributed by atoms with E-state index in [2.05, 4.69) is 17.4 Å². The number of halogens is 1. The van der Waals surface area contributed by atoms with Crippen molar-refractivity contribution in [3.8, 4) is 0 Å². The summed E-state index contributed by atoms with van der Waals surface area (Å²) in [6.07, 6.45) is 0. The molecule has 0 bridgehead atoms. The van der Waals surface area contributed by atoms with Crippen LogP contribution in [0.5, 0.6) is 0 Å². The van der Waals surface area contributed by atoms with Gasteiger partial charge >= 0.3 is 0 Å². The van der Waals surface area contributed by atoms with Gasteiger partial charge in [-0.15, -0.1) is 11.8 Å². The number of nitrogens with one attached hydrogen (secondary N) is 1. The Morgan fingerprint density at radius 3 is 2.50 bits per heavy atom. The maximum absolute atomic E-state index is 13.7. The molecule has 1 saturated heterocycles. The number of benzene rings is 2. The van der Waals surface area contributed by atoms with Crippen LogP contribution in [0.4, 0.5) is 4.39 Å². The van der Waals surface area contributed by atoms with Crippen molar-refractivity contribution in [2.24, 2.45) is 0 Å². The summed E-state index contributed by atoms with van der Waals surface area (Å²) in [5.74, 6) is 0.847. The Labute approximate surface area is 110 Å². The summed E-state index contributed by atoms with van der Waals surface area (Å²) in [6.45, 7) is 0. The summed E-state index contributed by atoms with van der Waals surface area (Å²) >= 11 is 1.76. The van der Waals surface area contributed by atoms with Gasteiger partial charge in [-0.05, 0) is 11.6 Å². The summed E-state index contributed by atoms with van der Waals surface area (Å²) < 4.78 is 13.7. The molecule has 0 aliphatic carbocycles. The second-order valence-corrected chi connectivity index (χ2v) is 5.50. The molecule has 0 amide bonds. The van der Waals surface area contributed by atoms with Crippen molar-refractivity contribution in [2.75, 3.05) is 5.75 Å². The molecule has 1 aliphatic heterocycles. The molecular formula is C15H14FNS. The first-order valence-electron chi connectivity index (χ1n) is 6.01. The van der Waals surface area contributed by atoms with Crippen LogP contribution in [-0.2, 0) is 0 Å². The predicted molar refractivity (Wildman–Crippen MR) is 73.9 cm³/mol. The number of hydrogen-bond donors (Lipinski definition) is 1. The van der Waals surface area contributed by atoms with Crippen LogP contribution in [-0.4, -0.2) is 5.75 Å². The molecule has 0 spiro atoms. The largest absolute Gasteiger partial charge is 0.294 e. The number of hydrogen-bond acceptors (Lipinski definition) is 2. The topological polar surface area (TPSA) is 12.0 Å². The average Bonchev–Trinajstić information content (AvgIpc) is 2.90. The second-order valence-electron chi connectivity index (χ2n) is 4.36. The van der Waals surface area contributed by atoms with Gasteiger partial charge in [0.1, 0.15) is 5.82 Å². The Hall–Kier alpha value is -1.32. The maximum atomic E-state index is 13.7. The fraction of sp³-hybridized carbons (Fsp3) is 0.200. The van der Waals surface area contributed by atoms with E-state index in [1.54, 1.807) is 17.8 Å². The highest BCUT2D eigenvalue weighted by molar-refractivity contribution is 7.99. The molecule has 1 aliphatic rings. The highest BCUT2D eigenvalue weighted by Crippen LogP contribution is 2.39. The lowest BCUT2D eigenvalue weighted by Crippen LogP contribution is -2.18. The molecular weight excluding hydrogens is 245 g/mol. The Morgan fingerprint density at radius 1 is 1.00 bits per heavy atom. The summed E-state index contributed by atoms with van der Waals surface area (Å²) in [6, 6.07) is 17.6. The average molecular weight is 259 g/mol. The first-order valence-corrected chi connectivity index (χ1v) is 7.06. The monoisotopic (exact) mass is 259 g/mol. The van der Waals surface area contributed by atoms with Crippen LogP contribution in [0, 0.1) is 5.82 Å². The van der Waals surface area contributed by atoms with Gasteiger partial charge in [-0.1, -0.05) is 48.5 Å². The van der Waals surface area contributed by atoms with E-state index in [1.165, 1.54) is 11.6 Å². The van der Waals surface area contributed by atoms with Gasteiger partial charge < -0.3 is 0 Å². The van der Waals surface area contributed by atoms with E-state index >= 15 is 0 Å². The third-order valence-corrected chi connectivity index (χ3v) is 4.42. The lowest BCUT2D eigenvalue weighted by Gasteiger charge is -2.14. The van der Waals surface area contributed by atoms with Gasteiger partial charge in [0.15, 0.2) is 0 Å². The molecule has 0 radical (unpaired) electrons. The fourth-order valence-electron chi connectivity index (χ4n) is 2.22. The number of rotatable bonds is 2. The van der Waals surface area contributed by atoms with Crippen LogP contribution in [0.15, 0.2) is 54.6 Å². The van der Waals surface area contributed by atoms with Crippen molar-refractivity contribution in [3.05, 3.63) is 71.5 Å². The normalized spacial score (nSPS) is 23.2. The van der Waals surface area contributed by atoms with Gasteiger partial charge in [0.2, 0.25) is 0 Å². The zero-order valence-corrected chi connectivity index (χ0v) is 10.7. The Bertz CT molecular complexity index is 529. The van der Waals surface area contributed by atoms with Crippen molar-refractivity contribution >= 4 is 11.8 Å². The fourth-order valence-corrected chi connectivity index (χ4v) is 3.52. The molecule has 1 N–H and O–H groups in total. The molecule has 2 aromatic rings. The molecule has 1 heterocycles. The highest BCUT2D eigenvalue weighted by atomic mass is 32.2. The lowest BCUT2D eigenvalue weighted by molar-refractivity contribution is 0.562. The minimum Gasteiger partial charge on any atom is -0.294 e. The van der Waals surface area contributed by atoms with E-state index in [1.807, 2.05) is 30.3 Å². The molecule has 18 heavy (non-hydrogen) atoms. The summed E-state index contributed by atoms with van der Waals surface area (Å²) in [7, 11) is 0. The minimum absolute atomic E-state index is 0.0522. The van der Waals surface area contributed by atoms with E-state index < -0.39 is 0 Å². The van der Waals surface area contributed by atoms with Crippen molar-refractivity contribution in [3.63, 3.8) is 0 Å². The SMILES string of the molecule is Fc1ccccc1C1N[C@H](c2ccccc2)CS1. The van der Waals surface area contributed by atoms with E-state index in [0.717, 1.165) is 11.3 Å². The summed E-state index contributed by atoms with van der Waals surface area (Å²) in [5.41, 5.74) is 2.02. The van der Waals surface area contributed by atoms with Gasteiger partial charge in [-0.25, -0.2) is 4.39 Å². The van der Waals surface area contributed by atoms with Crippen LogP contribution in [0.1, 0.15) is 22.5 Å². The quantitative estimate of drug-likeness (QED) is 0.877. The zero-order chi connectivity index (χ0) is 12.4. The van der Waals surface area contributed by atoms with Crippen LogP contribution < -0.4 is 5.32 Å². The second kappa shape index (κ2) is 5.12. The third kappa shape index (κ3) is 2.28. The smallest absolute Gasteiger partial charge is 0.128 e. The van der Waals surface area contributed by atoms with Crippen molar-refractivity contribution < 1.29 is 4.39 Å². The van der Waals surface area contributed by atoms with Gasteiger partial charge in [0.25, 0.3) is 0 Å². The zero-order valence-electron chi connectivity index (χ0n) is 9.84. The Kier molecular flexibility index (Phi) is 3.35. The standard InChI is InChI=1S/C15H14FNS/c16-13-9-5-4-8-12(13)15-17-14(10-18-15)11-6-2-1-3-7-11/h1-9,14-15,17H,10H2/t14-,15?/m0/s1. The molecule has 1 nitrogen and oxygen atoms in total. The minimum atomic E-state index is -0.129. The van der Waals surface area contributed by atoms with E-state index in [4.69, 9.17) is 0 Å². The Balaban J connectivity index is 1.78. The van der Waals surface area contributed by atoms with Crippen LogP contribution >= 0.6 is 11.8 Å². The van der Waals surface area contributed by atoms with Gasteiger partial charge in [0, 0.05) is 17.4 Å². The van der Waals surface area contributed by atoms with Crippen LogP contribution in [0.25, 0.3) is 0 Å². The Morgan fingerprint density at radius 2 is 1.72 bits per heavy atom. The third-order valence-electron chi connectivity index (χ3n) is 3.17.